The number of fused-ring (bicyclic) bond motifs is 1. The fraction of sp³-hybridized carbons (Fsp3) is 0.714. The zero-order valence-electron chi connectivity index (χ0n) is 11.6. The maximum atomic E-state index is 4.15. The van der Waals surface area contributed by atoms with Gasteiger partial charge in [-0.3, -0.25) is 0 Å². The number of hydrogen-bond donors (Lipinski definition) is 2. The third-order valence-electron chi connectivity index (χ3n) is 4.20. The minimum absolute atomic E-state index is 0.671. The first-order chi connectivity index (χ1) is 9.36. The number of hydrogen-bond acceptors (Lipinski definition) is 5. The average Bonchev–Trinajstić information content (AvgIpc) is 3.00. The third-order valence-corrected chi connectivity index (χ3v) is 4.20. The largest absolute Gasteiger partial charge is 0.369 e. The minimum Gasteiger partial charge on any atom is -0.369 e. The lowest BCUT2D eigenvalue weighted by Crippen LogP contribution is -2.30. The van der Waals surface area contributed by atoms with E-state index in [0.29, 0.717) is 6.04 Å². The zero-order valence-corrected chi connectivity index (χ0v) is 11.6. The van der Waals surface area contributed by atoms with Gasteiger partial charge in [0.15, 0.2) is 5.82 Å². The molecule has 1 aromatic heterocycles. The van der Waals surface area contributed by atoms with Crippen molar-refractivity contribution in [3.63, 3.8) is 0 Å². The molecule has 0 aliphatic carbocycles. The number of unbranched alkanes of at least 4 members (excludes halogenated alkanes) is 1. The van der Waals surface area contributed by atoms with E-state index in [9.17, 15) is 0 Å². The second-order valence-electron chi connectivity index (χ2n) is 5.59. The van der Waals surface area contributed by atoms with Gasteiger partial charge in [-0.1, -0.05) is 13.3 Å². The van der Waals surface area contributed by atoms with Gasteiger partial charge in [-0.15, -0.1) is 5.10 Å². The van der Waals surface area contributed by atoms with E-state index in [-0.39, 0.29) is 0 Å². The molecule has 2 fully saturated rings. The summed E-state index contributed by atoms with van der Waals surface area (Å²) in [5.41, 5.74) is 1.20. The second kappa shape index (κ2) is 5.74. The molecule has 2 saturated heterocycles. The normalized spacial score (nSPS) is 25.6. The molecule has 0 spiro atoms. The Bertz CT molecular complexity index is 410. The van der Waals surface area contributed by atoms with Crippen molar-refractivity contribution in [3.05, 3.63) is 12.3 Å². The van der Waals surface area contributed by atoms with Gasteiger partial charge in [0.2, 0.25) is 0 Å². The summed E-state index contributed by atoms with van der Waals surface area (Å²) in [5.74, 6) is 1.71. The molecule has 3 heterocycles. The van der Waals surface area contributed by atoms with E-state index in [0.717, 1.165) is 31.4 Å². The summed E-state index contributed by atoms with van der Waals surface area (Å²) < 4.78 is 0. The van der Waals surface area contributed by atoms with Crippen LogP contribution in [0.15, 0.2) is 12.3 Å². The van der Waals surface area contributed by atoms with Gasteiger partial charge in [0.05, 0.1) is 11.9 Å². The molecular formula is C14H23N5. The zero-order chi connectivity index (χ0) is 13.1. The highest BCUT2D eigenvalue weighted by molar-refractivity contribution is 5.53. The average molecular weight is 261 g/mol. The van der Waals surface area contributed by atoms with Crippen molar-refractivity contribution in [2.45, 2.75) is 32.2 Å². The van der Waals surface area contributed by atoms with E-state index in [4.69, 9.17) is 0 Å². The van der Waals surface area contributed by atoms with Crippen LogP contribution in [0.4, 0.5) is 11.5 Å². The lowest BCUT2D eigenvalue weighted by Gasteiger charge is -2.19. The molecule has 19 heavy (non-hydrogen) atoms. The Morgan fingerprint density at radius 3 is 3.26 bits per heavy atom. The first-order valence-electron chi connectivity index (χ1n) is 7.41. The second-order valence-corrected chi connectivity index (χ2v) is 5.59. The number of nitrogens with one attached hydrogen (secondary N) is 2. The Balaban J connectivity index is 1.63. The SMILES string of the molecule is CCCCNc1cc(N2C[C@H]3CCN[C@H]3C2)cnn1. The molecule has 2 aliphatic rings. The topological polar surface area (TPSA) is 53.1 Å². The molecule has 104 valence electrons. The predicted molar refractivity (Wildman–Crippen MR) is 77.5 cm³/mol. The van der Waals surface area contributed by atoms with Crippen LogP contribution in [0.5, 0.6) is 0 Å². The van der Waals surface area contributed by atoms with Gasteiger partial charge in [-0.05, 0) is 25.3 Å². The van der Waals surface area contributed by atoms with Crippen LogP contribution in [0.25, 0.3) is 0 Å². The van der Waals surface area contributed by atoms with Crippen molar-refractivity contribution in [2.24, 2.45) is 5.92 Å². The van der Waals surface area contributed by atoms with Crippen LogP contribution in [0.2, 0.25) is 0 Å². The number of nitrogens with zero attached hydrogens (tertiary/aromatic N) is 3. The van der Waals surface area contributed by atoms with Gasteiger partial charge in [0.25, 0.3) is 0 Å². The van der Waals surface area contributed by atoms with E-state index < -0.39 is 0 Å². The smallest absolute Gasteiger partial charge is 0.150 e. The molecule has 1 aromatic rings. The third kappa shape index (κ3) is 2.81. The molecule has 0 amide bonds. The van der Waals surface area contributed by atoms with E-state index in [1.165, 1.54) is 31.5 Å². The Labute approximate surface area is 114 Å². The van der Waals surface area contributed by atoms with Crippen molar-refractivity contribution >= 4 is 11.5 Å². The molecular weight excluding hydrogens is 238 g/mol. The minimum atomic E-state index is 0.671. The highest BCUT2D eigenvalue weighted by Crippen LogP contribution is 2.29. The summed E-state index contributed by atoms with van der Waals surface area (Å²) in [5, 5.41) is 15.2. The van der Waals surface area contributed by atoms with Crippen molar-refractivity contribution in [1.29, 1.82) is 0 Å². The molecule has 0 unspecified atom stereocenters. The maximum Gasteiger partial charge on any atom is 0.150 e. The molecule has 2 atom stereocenters. The van der Waals surface area contributed by atoms with Crippen LogP contribution < -0.4 is 15.5 Å². The number of anilines is 2. The van der Waals surface area contributed by atoms with Gasteiger partial charge in [-0.25, -0.2) is 0 Å². The Hall–Kier alpha value is -1.36. The lowest BCUT2D eigenvalue weighted by molar-refractivity contribution is 0.556. The van der Waals surface area contributed by atoms with Crippen LogP contribution in [0.3, 0.4) is 0 Å². The summed E-state index contributed by atoms with van der Waals surface area (Å²) in [7, 11) is 0. The molecule has 0 radical (unpaired) electrons. The monoisotopic (exact) mass is 261 g/mol. The van der Waals surface area contributed by atoms with Gasteiger partial charge in [-0.2, -0.15) is 5.10 Å². The summed E-state index contributed by atoms with van der Waals surface area (Å²) in [4.78, 5) is 2.43. The van der Waals surface area contributed by atoms with Crippen molar-refractivity contribution < 1.29 is 0 Å². The number of rotatable bonds is 5. The Kier molecular flexibility index (Phi) is 3.82. The van der Waals surface area contributed by atoms with Gasteiger partial charge >= 0.3 is 0 Å². The molecule has 3 rings (SSSR count). The molecule has 5 heteroatoms. The fourth-order valence-electron chi connectivity index (χ4n) is 3.07. The van der Waals surface area contributed by atoms with Crippen LogP contribution in [0, 0.1) is 5.92 Å². The summed E-state index contributed by atoms with van der Waals surface area (Å²) in [6, 6.07) is 2.80. The van der Waals surface area contributed by atoms with Crippen LogP contribution in [-0.4, -0.2) is 42.4 Å². The van der Waals surface area contributed by atoms with E-state index in [1.807, 2.05) is 6.20 Å². The van der Waals surface area contributed by atoms with E-state index >= 15 is 0 Å². The van der Waals surface area contributed by atoms with Gasteiger partial charge in [0.1, 0.15) is 0 Å². The first-order valence-corrected chi connectivity index (χ1v) is 7.41. The molecule has 2 N–H and O–H groups in total. The highest BCUT2D eigenvalue weighted by atomic mass is 15.2. The maximum absolute atomic E-state index is 4.15. The molecule has 2 aliphatic heterocycles. The van der Waals surface area contributed by atoms with Crippen molar-refractivity contribution in [3.8, 4) is 0 Å². The molecule has 5 nitrogen and oxygen atoms in total. The Morgan fingerprint density at radius 1 is 1.47 bits per heavy atom. The molecule has 0 aromatic carbocycles. The summed E-state index contributed by atoms with van der Waals surface area (Å²) in [6.45, 7) is 6.60. The first kappa shape index (κ1) is 12.7. The molecule has 0 saturated carbocycles. The Morgan fingerprint density at radius 2 is 2.42 bits per heavy atom. The van der Waals surface area contributed by atoms with Crippen LogP contribution in [0.1, 0.15) is 26.2 Å². The van der Waals surface area contributed by atoms with Crippen LogP contribution >= 0.6 is 0 Å². The number of aromatic nitrogens is 2. The fourth-order valence-corrected chi connectivity index (χ4v) is 3.07. The van der Waals surface area contributed by atoms with Crippen molar-refractivity contribution in [1.82, 2.24) is 15.5 Å². The van der Waals surface area contributed by atoms with E-state index in [2.05, 4.69) is 38.7 Å². The van der Waals surface area contributed by atoms with Gasteiger partial charge < -0.3 is 15.5 Å². The van der Waals surface area contributed by atoms with Gasteiger partial charge in [0, 0.05) is 31.7 Å². The summed E-state index contributed by atoms with van der Waals surface area (Å²) in [6.07, 6.45) is 5.55. The standard InChI is InChI=1S/C14H23N5/c1-2-3-5-16-14-7-12(8-17-18-14)19-9-11-4-6-15-13(11)10-19/h7-8,11,13,15H,2-6,9-10H2,1H3,(H,16,18)/t11-,13+/m1/s1. The van der Waals surface area contributed by atoms with E-state index in [1.54, 1.807) is 0 Å². The quantitative estimate of drug-likeness (QED) is 0.787. The van der Waals surface area contributed by atoms with Crippen LogP contribution in [-0.2, 0) is 0 Å². The summed E-state index contributed by atoms with van der Waals surface area (Å²) >= 11 is 0. The highest BCUT2D eigenvalue weighted by Gasteiger charge is 2.36. The lowest BCUT2D eigenvalue weighted by atomic mass is 10.1. The predicted octanol–water partition coefficient (Wildman–Crippen LogP) is 1.49. The van der Waals surface area contributed by atoms with Crippen molar-refractivity contribution in [2.75, 3.05) is 36.4 Å². The molecule has 0 bridgehead atoms.